The number of para-hydroxylation sites is 1. The van der Waals surface area contributed by atoms with E-state index in [1.807, 2.05) is 24.3 Å². The van der Waals surface area contributed by atoms with Gasteiger partial charge in [0.25, 0.3) is 6.43 Å². The first-order chi connectivity index (χ1) is 11.1. The van der Waals surface area contributed by atoms with E-state index in [4.69, 9.17) is 9.73 Å². The summed E-state index contributed by atoms with van der Waals surface area (Å²) in [4.78, 5) is 8.86. The zero-order chi connectivity index (χ0) is 16.0. The third kappa shape index (κ3) is 2.50. The van der Waals surface area contributed by atoms with Crippen LogP contribution in [-0.2, 0) is 0 Å². The summed E-state index contributed by atoms with van der Waals surface area (Å²) in [6, 6.07) is 9.46. The molecule has 0 unspecified atom stereocenters. The number of rotatable bonds is 2. The second kappa shape index (κ2) is 5.11. The van der Waals surface area contributed by atoms with Crippen molar-refractivity contribution in [2.24, 2.45) is 4.99 Å². The van der Waals surface area contributed by atoms with Gasteiger partial charge in [0.2, 0.25) is 0 Å². The highest BCUT2D eigenvalue weighted by molar-refractivity contribution is 6.14. The maximum atomic E-state index is 12.9. The van der Waals surface area contributed by atoms with Crippen LogP contribution >= 0.6 is 0 Å². The third-order valence-corrected chi connectivity index (χ3v) is 4.41. The fraction of sp³-hybridized carbons (Fsp3) is 0.333. The fourth-order valence-electron chi connectivity index (χ4n) is 2.89. The molecule has 1 aromatic carbocycles. The van der Waals surface area contributed by atoms with Gasteiger partial charge in [-0.15, -0.1) is 0 Å². The van der Waals surface area contributed by atoms with Gasteiger partial charge in [0, 0.05) is 17.3 Å². The molecular formula is C18H16F2N2O. The van der Waals surface area contributed by atoms with Crippen molar-refractivity contribution in [1.29, 1.82) is 0 Å². The summed E-state index contributed by atoms with van der Waals surface area (Å²) in [5, 5.41) is 0. The zero-order valence-corrected chi connectivity index (χ0v) is 12.7. The number of pyridine rings is 1. The van der Waals surface area contributed by atoms with Crippen molar-refractivity contribution < 1.29 is 13.5 Å². The van der Waals surface area contributed by atoms with E-state index in [2.05, 4.69) is 4.98 Å². The molecule has 1 fully saturated rings. The molecule has 1 spiro atoms. The lowest BCUT2D eigenvalue weighted by Gasteiger charge is -2.11. The van der Waals surface area contributed by atoms with Gasteiger partial charge in [-0.1, -0.05) is 12.1 Å². The molecule has 0 amide bonds. The van der Waals surface area contributed by atoms with E-state index in [0.717, 1.165) is 35.4 Å². The predicted octanol–water partition coefficient (Wildman–Crippen LogP) is 4.09. The summed E-state index contributed by atoms with van der Waals surface area (Å²) in [5.74, 6) is 0.783. The van der Waals surface area contributed by atoms with Crippen LogP contribution in [0.3, 0.4) is 0 Å². The van der Waals surface area contributed by atoms with Gasteiger partial charge in [0.05, 0.1) is 11.3 Å². The Hall–Kier alpha value is -2.30. The standard InChI is InChI=1S/C18H16F2N2O/c1-11-8-12(9-21-15(11)17(19)20)16-13-4-2-3-5-14(13)23-10-18(22-16)6-7-18/h2-5,8-9,17H,6-7,10H2,1H3. The quantitative estimate of drug-likeness (QED) is 0.837. The number of nitrogens with zero attached hydrogens (tertiary/aromatic N) is 2. The molecule has 0 N–H and O–H groups in total. The van der Waals surface area contributed by atoms with Crippen LogP contribution in [0.25, 0.3) is 0 Å². The van der Waals surface area contributed by atoms with E-state index in [1.165, 1.54) is 6.20 Å². The van der Waals surface area contributed by atoms with Crippen molar-refractivity contribution in [1.82, 2.24) is 4.98 Å². The number of aliphatic imine (C=N–C) groups is 1. The summed E-state index contributed by atoms with van der Waals surface area (Å²) in [5.41, 5.74) is 2.58. The van der Waals surface area contributed by atoms with E-state index in [0.29, 0.717) is 12.2 Å². The number of hydrogen-bond acceptors (Lipinski definition) is 3. The molecule has 1 aliphatic heterocycles. The molecule has 0 atom stereocenters. The van der Waals surface area contributed by atoms with Gasteiger partial charge >= 0.3 is 0 Å². The Labute approximate surface area is 133 Å². The van der Waals surface area contributed by atoms with E-state index >= 15 is 0 Å². The summed E-state index contributed by atoms with van der Waals surface area (Å²) in [6.45, 7) is 2.22. The molecule has 1 aliphatic carbocycles. The Balaban J connectivity index is 1.85. The van der Waals surface area contributed by atoms with Crippen LogP contribution in [0.5, 0.6) is 5.75 Å². The van der Waals surface area contributed by atoms with Crippen LogP contribution in [0.2, 0.25) is 0 Å². The summed E-state index contributed by atoms with van der Waals surface area (Å²) in [6.07, 6.45) is 0.911. The minimum atomic E-state index is -2.56. The Morgan fingerprint density at radius 1 is 1.22 bits per heavy atom. The van der Waals surface area contributed by atoms with Crippen LogP contribution in [-0.4, -0.2) is 22.8 Å². The molecule has 1 saturated carbocycles. The van der Waals surface area contributed by atoms with Gasteiger partial charge in [0.15, 0.2) is 0 Å². The molecule has 3 nitrogen and oxygen atoms in total. The van der Waals surface area contributed by atoms with Gasteiger partial charge in [-0.3, -0.25) is 9.98 Å². The Morgan fingerprint density at radius 3 is 2.70 bits per heavy atom. The summed E-state index contributed by atoms with van der Waals surface area (Å²) < 4.78 is 31.8. The Morgan fingerprint density at radius 2 is 2.00 bits per heavy atom. The number of aromatic nitrogens is 1. The van der Waals surface area contributed by atoms with Crippen molar-refractivity contribution in [2.75, 3.05) is 6.61 Å². The third-order valence-electron chi connectivity index (χ3n) is 4.41. The smallest absolute Gasteiger partial charge is 0.280 e. The lowest BCUT2D eigenvalue weighted by molar-refractivity contribution is 0.145. The molecule has 2 aliphatic rings. The molecule has 2 aromatic rings. The van der Waals surface area contributed by atoms with Crippen molar-refractivity contribution in [3.8, 4) is 5.75 Å². The summed E-state index contributed by atoms with van der Waals surface area (Å²) in [7, 11) is 0. The molecule has 0 radical (unpaired) electrons. The lowest BCUT2D eigenvalue weighted by Crippen LogP contribution is -2.16. The number of alkyl halides is 2. The summed E-state index contributed by atoms with van der Waals surface area (Å²) >= 11 is 0. The van der Waals surface area contributed by atoms with Crippen molar-refractivity contribution in [3.05, 3.63) is 58.9 Å². The van der Waals surface area contributed by atoms with E-state index in [-0.39, 0.29) is 11.2 Å². The van der Waals surface area contributed by atoms with Crippen LogP contribution in [0.1, 0.15) is 41.7 Å². The monoisotopic (exact) mass is 314 g/mol. The number of fused-ring (bicyclic) bond motifs is 1. The van der Waals surface area contributed by atoms with Crippen molar-refractivity contribution >= 4 is 5.71 Å². The van der Waals surface area contributed by atoms with E-state index in [9.17, 15) is 8.78 Å². The van der Waals surface area contributed by atoms with Crippen LogP contribution in [0.15, 0.2) is 41.5 Å². The normalized spacial score (nSPS) is 18.2. The predicted molar refractivity (Wildman–Crippen MR) is 83.5 cm³/mol. The number of benzene rings is 1. The Bertz CT molecular complexity index is 797. The molecule has 4 rings (SSSR count). The van der Waals surface area contributed by atoms with Gasteiger partial charge in [0.1, 0.15) is 18.1 Å². The van der Waals surface area contributed by atoms with Crippen LogP contribution in [0, 0.1) is 6.92 Å². The molecular weight excluding hydrogens is 298 g/mol. The molecule has 1 aromatic heterocycles. The lowest BCUT2D eigenvalue weighted by atomic mass is 10.0. The van der Waals surface area contributed by atoms with Crippen molar-refractivity contribution in [2.45, 2.75) is 31.7 Å². The average Bonchev–Trinajstić information content (AvgIpc) is 3.33. The fourth-order valence-corrected chi connectivity index (χ4v) is 2.89. The molecule has 5 heteroatoms. The largest absolute Gasteiger partial charge is 0.490 e. The molecule has 23 heavy (non-hydrogen) atoms. The number of halogens is 2. The SMILES string of the molecule is Cc1cc(C2=NC3(CC3)COc3ccccc32)cnc1C(F)F. The molecule has 0 bridgehead atoms. The van der Waals surface area contributed by atoms with Gasteiger partial charge in [-0.2, -0.15) is 0 Å². The van der Waals surface area contributed by atoms with Gasteiger partial charge < -0.3 is 4.74 Å². The van der Waals surface area contributed by atoms with Crippen molar-refractivity contribution in [3.63, 3.8) is 0 Å². The van der Waals surface area contributed by atoms with Gasteiger partial charge in [-0.25, -0.2) is 8.78 Å². The number of ether oxygens (including phenoxy) is 1. The van der Waals surface area contributed by atoms with E-state index < -0.39 is 6.43 Å². The number of aryl methyl sites for hydroxylation is 1. The second-order valence-corrected chi connectivity index (χ2v) is 6.20. The highest BCUT2D eigenvalue weighted by atomic mass is 19.3. The highest BCUT2D eigenvalue weighted by Crippen LogP contribution is 2.43. The molecule has 0 saturated heterocycles. The topological polar surface area (TPSA) is 34.5 Å². The average molecular weight is 314 g/mol. The number of hydrogen-bond donors (Lipinski definition) is 0. The first kappa shape index (κ1) is 14.3. The molecule has 2 heterocycles. The van der Waals surface area contributed by atoms with Gasteiger partial charge in [-0.05, 0) is 43.5 Å². The first-order valence-electron chi connectivity index (χ1n) is 7.65. The minimum absolute atomic E-state index is 0.163. The van der Waals surface area contributed by atoms with E-state index in [1.54, 1.807) is 13.0 Å². The van der Waals surface area contributed by atoms with Crippen LogP contribution in [0.4, 0.5) is 8.78 Å². The molecule has 118 valence electrons. The second-order valence-electron chi connectivity index (χ2n) is 6.20. The maximum Gasteiger partial charge on any atom is 0.280 e. The zero-order valence-electron chi connectivity index (χ0n) is 12.7. The minimum Gasteiger partial charge on any atom is -0.490 e. The van der Waals surface area contributed by atoms with Crippen LogP contribution < -0.4 is 4.74 Å². The highest BCUT2D eigenvalue weighted by Gasteiger charge is 2.45. The maximum absolute atomic E-state index is 12.9. The Kier molecular flexibility index (Phi) is 3.18. The first-order valence-corrected chi connectivity index (χ1v) is 7.65.